The molecular weight excluding hydrogens is 324 g/mol. The summed E-state index contributed by atoms with van der Waals surface area (Å²) in [6.07, 6.45) is 0.784. The van der Waals surface area contributed by atoms with E-state index in [1.165, 1.54) is 0 Å². The molecule has 1 heterocycles. The SMILES string of the molecule is CC(C)c1cccc(C(C)C)c1NC(=O)NC1COc2ccccc2C1. The fourth-order valence-electron chi connectivity index (χ4n) is 3.45. The molecule has 0 radical (unpaired) electrons. The van der Waals surface area contributed by atoms with Gasteiger partial charge in [0, 0.05) is 5.69 Å². The number of rotatable bonds is 4. The number of carbonyl (C=O) groups is 1. The first-order valence-electron chi connectivity index (χ1n) is 9.36. The van der Waals surface area contributed by atoms with Crippen molar-refractivity contribution >= 4 is 11.7 Å². The molecule has 1 aliphatic rings. The Hall–Kier alpha value is -2.49. The minimum atomic E-state index is -0.173. The smallest absolute Gasteiger partial charge is 0.319 e. The minimum Gasteiger partial charge on any atom is -0.491 e. The normalized spacial score (nSPS) is 16.2. The molecule has 26 heavy (non-hydrogen) atoms. The van der Waals surface area contributed by atoms with Crippen molar-refractivity contribution in [1.82, 2.24) is 5.32 Å². The number of hydrogen-bond acceptors (Lipinski definition) is 2. The van der Waals surface area contributed by atoms with E-state index in [1.54, 1.807) is 0 Å². The van der Waals surface area contributed by atoms with E-state index < -0.39 is 0 Å². The van der Waals surface area contributed by atoms with Gasteiger partial charge in [0.1, 0.15) is 12.4 Å². The molecule has 1 atom stereocenters. The van der Waals surface area contributed by atoms with E-state index in [4.69, 9.17) is 4.74 Å². The molecule has 0 bridgehead atoms. The predicted molar refractivity (Wildman–Crippen MR) is 106 cm³/mol. The first kappa shape index (κ1) is 18.3. The fraction of sp³-hybridized carbons (Fsp3) is 0.409. The third-order valence-electron chi connectivity index (χ3n) is 4.83. The number of hydrogen-bond donors (Lipinski definition) is 2. The van der Waals surface area contributed by atoms with Crippen LogP contribution in [-0.4, -0.2) is 18.7 Å². The molecule has 138 valence electrons. The molecule has 0 aromatic heterocycles. The van der Waals surface area contributed by atoms with Gasteiger partial charge in [-0.3, -0.25) is 0 Å². The summed E-state index contributed by atoms with van der Waals surface area (Å²) in [5.41, 5.74) is 4.40. The summed E-state index contributed by atoms with van der Waals surface area (Å²) in [6, 6.07) is 14.0. The lowest BCUT2D eigenvalue weighted by Crippen LogP contribution is -2.44. The van der Waals surface area contributed by atoms with Crippen LogP contribution in [0.1, 0.15) is 56.2 Å². The van der Waals surface area contributed by atoms with E-state index in [-0.39, 0.29) is 12.1 Å². The summed E-state index contributed by atoms with van der Waals surface area (Å²) >= 11 is 0. The first-order valence-corrected chi connectivity index (χ1v) is 9.36. The maximum absolute atomic E-state index is 12.7. The summed E-state index contributed by atoms with van der Waals surface area (Å²) in [5, 5.41) is 6.17. The average Bonchev–Trinajstić information content (AvgIpc) is 2.61. The Bertz CT molecular complexity index is 757. The van der Waals surface area contributed by atoms with Gasteiger partial charge >= 0.3 is 6.03 Å². The number of para-hydroxylation sites is 2. The third kappa shape index (κ3) is 4.01. The molecule has 1 aliphatic heterocycles. The van der Waals surface area contributed by atoms with Gasteiger partial charge in [-0.15, -0.1) is 0 Å². The van der Waals surface area contributed by atoms with Crippen molar-refractivity contribution < 1.29 is 9.53 Å². The highest BCUT2D eigenvalue weighted by molar-refractivity contribution is 5.91. The monoisotopic (exact) mass is 352 g/mol. The molecule has 1 unspecified atom stereocenters. The molecule has 4 nitrogen and oxygen atoms in total. The molecule has 3 rings (SSSR count). The topological polar surface area (TPSA) is 50.4 Å². The summed E-state index contributed by atoms with van der Waals surface area (Å²) in [5.74, 6) is 1.60. The second kappa shape index (κ2) is 7.81. The lowest BCUT2D eigenvalue weighted by atomic mass is 9.93. The second-order valence-electron chi connectivity index (χ2n) is 7.54. The molecule has 2 aromatic rings. The zero-order valence-corrected chi connectivity index (χ0v) is 16.0. The highest BCUT2D eigenvalue weighted by Crippen LogP contribution is 2.32. The molecule has 0 aliphatic carbocycles. The van der Waals surface area contributed by atoms with Crippen molar-refractivity contribution in [3.8, 4) is 5.75 Å². The third-order valence-corrected chi connectivity index (χ3v) is 4.83. The van der Waals surface area contributed by atoms with E-state index >= 15 is 0 Å². The Morgan fingerprint density at radius 1 is 1.00 bits per heavy atom. The van der Waals surface area contributed by atoms with Crippen molar-refractivity contribution in [2.75, 3.05) is 11.9 Å². The molecule has 4 heteroatoms. The van der Waals surface area contributed by atoms with Crippen LogP contribution < -0.4 is 15.4 Å². The van der Waals surface area contributed by atoms with Crippen molar-refractivity contribution in [3.05, 3.63) is 59.2 Å². The van der Waals surface area contributed by atoms with E-state index in [0.29, 0.717) is 18.4 Å². The second-order valence-corrected chi connectivity index (χ2v) is 7.54. The zero-order valence-electron chi connectivity index (χ0n) is 16.0. The van der Waals surface area contributed by atoms with Crippen LogP contribution in [0.15, 0.2) is 42.5 Å². The van der Waals surface area contributed by atoms with Crippen LogP contribution in [0.2, 0.25) is 0 Å². The number of anilines is 1. The standard InChI is InChI=1S/C22H28N2O2/c1-14(2)18-9-7-10-19(15(3)4)21(18)24-22(25)23-17-12-16-8-5-6-11-20(16)26-13-17/h5-11,14-15,17H,12-13H2,1-4H3,(H2,23,24,25). The Morgan fingerprint density at radius 2 is 1.65 bits per heavy atom. The molecule has 0 fully saturated rings. The van der Waals surface area contributed by atoms with Gasteiger partial charge in [-0.1, -0.05) is 64.1 Å². The van der Waals surface area contributed by atoms with E-state index in [2.05, 4.69) is 56.5 Å². The van der Waals surface area contributed by atoms with Crippen molar-refractivity contribution in [2.24, 2.45) is 0 Å². The summed E-state index contributed by atoms with van der Waals surface area (Å²) < 4.78 is 5.77. The van der Waals surface area contributed by atoms with Gasteiger partial charge in [0.25, 0.3) is 0 Å². The molecule has 0 saturated heterocycles. The predicted octanol–water partition coefficient (Wildman–Crippen LogP) is 5.06. The van der Waals surface area contributed by atoms with Gasteiger partial charge in [-0.25, -0.2) is 4.79 Å². The van der Waals surface area contributed by atoms with Gasteiger partial charge in [-0.05, 0) is 41.0 Å². The lowest BCUT2D eigenvalue weighted by Gasteiger charge is -2.27. The van der Waals surface area contributed by atoms with E-state index in [0.717, 1.165) is 34.5 Å². The Labute approximate surface area is 156 Å². The van der Waals surface area contributed by atoms with Crippen molar-refractivity contribution in [2.45, 2.75) is 52.0 Å². The summed E-state index contributed by atoms with van der Waals surface area (Å²) in [7, 11) is 0. The largest absolute Gasteiger partial charge is 0.491 e. The molecule has 2 amide bonds. The van der Waals surface area contributed by atoms with Gasteiger partial charge in [-0.2, -0.15) is 0 Å². The van der Waals surface area contributed by atoms with Gasteiger partial charge in [0.05, 0.1) is 6.04 Å². The Kier molecular flexibility index (Phi) is 5.50. The van der Waals surface area contributed by atoms with Gasteiger partial charge in [0.2, 0.25) is 0 Å². The van der Waals surface area contributed by atoms with E-state index in [1.807, 2.05) is 24.3 Å². The average molecular weight is 352 g/mol. The Balaban J connectivity index is 1.73. The molecule has 0 spiro atoms. The minimum absolute atomic E-state index is 0.0291. The number of benzene rings is 2. The zero-order chi connectivity index (χ0) is 18.7. The maximum Gasteiger partial charge on any atom is 0.319 e. The fourth-order valence-corrected chi connectivity index (χ4v) is 3.45. The summed E-state index contributed by atoms with van der Waals surface area (Å²) in [4.78, 5) is 12.7. The molecule has 0 saturated carbocycles. The molecule has 2 aromatic carbocycles. The van der Waals surface area contributed by atoms with Crippen LogP contribution in [0.25, 0.3) is 0 Å². The quantitative estimate of drug-likeness (QED) is 0.808. The number of ether oxygens (including phenoxy) is 1. The van der Waals surface area contributed by atoms with Crippen molar-refractivity contribution in [1.29, 1.82) is 0 Å². The molecule has 2 N–H and O–H groups in total. The number of urea groups is 1. The highest BCUT2D eigenvalue weighted by Gasteiger charge is 2.22. The van der Waals surface area contributed by atoms with Gasteiger partial charge < -0.3 is 15.4 Å². The number of nitrogens with one attached hydrogen (secondary N) is 2. The lowest BCUT2D eigenvalue weighted by molar-refractivity contribution is 0.222. The van der Waals surface area contributed by atoms with E-state index in [9.17, 15) is 4.79 Å². The van der Waals surface area contributed by atoms with Crippen LogP contribution in [0, 0.1) is 0 Å². The van der Waals surface area contributed by atoms with Crippen LogP contribution in [0.5, 0.6) is 5.75 Å². The number of carbonyl (C=O) groups excluding carboxylic acids is 1. The van der Waals surface area contributed by atoms with Crippen molar-refractivity contribution in [3.63, 3.8) is 0 Å². The van der Waals surface area contributed by atoms with Crippen LogP contribution >= 0.6 is 0 Å². The summed E-state index contributed by atoms with van der Waals surface area (Å²) in [6.45, 7) is 9.08. The van der Waals surface area contributed by atoms with Crippen LogP contribution in [0.3, 0.4) is 0 Å². The first-order chi connectivity index (χ1) is 12.5. The maximum atomic E-state index is 12.7. The number of fused-ring (bicyclic) bond motifs is 1. The van der Waals surface area contributed by atoms with Crippen LogP contribution in [0.4, 0.5) is 10.5 Å². The molecular formula is C22H28N2O2. The van der Waals surface area contributed by atoms with Gasteiger partial charge in [0.15, 0.2) is 0 Å². The number of amides is 2. The highest BCUT2D eigenvalue weighted by atomic mass is 16.5. The Morgan fingerprint density at radius 3 is 2.31 bits per heavy atom. The van der Waals surface area contributed by atoms with Crippen LogP contribution in [-0.2, 0) is 6.42 Å².